The minimum absolute atomic E-state index is 0.0120. The van der Waals surface area contributed by atoms with Crippen molar-refractivity contribution >= 4 is 11.4 Å². The third-order valence-electron chi connectivity index (χ3n) is 2.83. The standard InChI is InChI=1S/C14H13FN2O2/c1-10(11-2-4-12(15)5-3-11)16-13-6-8-14(9-7-13)17(18)19/h2-10,16H,1H3/t10-/m0/s1. The lowest BCUT2D eigenvalue weighted by atomic mass is 10.1. The number of benzene rings is 2. The molecule has 1 atom stereocenters. The zero-order valence-electron chi connectivity index (χ0n) is 10.3. The van der Waals surface area contributed by atoms with Gasteiger partial charge in [0.15, 0.2) is 0 Å². The van der Waals surface area contributed by atoms with Crippen LogP contribution < -0.4 is 5.32 Å². The fourth-order valence-corrected chi connectivity index (χ4v) is 1.76. The number of nitrogens with one attached hydrogen (secondary N) is 1. The van der Waals surface area contributed by atoms with Gasteiger partial charge in [0.25, 0.3) is 5.69 Å². The summed E-state index contributed by atoms with van der Waals surface area (Å²) in [5, 5.41) is 13.7. The first-order valence-corrected chi connectivity index (χ1v) is 5.83. The number of nitro groups is 1. The summed E-state index contributed by atoms with van der Waals surface area (Å²) in [6.45, 7) is 1.94. The zero-order valence-corrected chi connectivity index (χ0v) is 10.3. The van der Waals surface area contributed by atoms with E-state index in [1.807, 2.05) is 6.92 Å². The molecule has 0 radical (unpaired) electrons. The van der Waals surface area contributed by atoms with E-state index in [0.717, 1.165) is 11.3 Å². The van der Waals surface area contributed by atoms with Gasteiger partial charge in [0.1, 0.15) is 5.82 Å². The minimum Gasteiger partial charge on any atom is -0.379 e. The Hall–Kier alpha value is -2.43. The second kappa shape index (κ2) is 5.48. The van der Waals surface area contributed by atoms with Crippen molar-refractivity contribution < 1.29 is 9.31 Å². The summed E-state index contributed by atoms with van der Waals surface area (Å²) in [5.41, 5.74) is 1.78. The molecule has 0 saturated heterocycles. The maximum atomic E-state index is 12.8. The van der Waals surface area contributed by atoms with Gasteiger partial charge in [0.05, 0.1) is 4.92 Å². The van der Waals surface area contributed by atoms with Crippen LogP contribution >= 0.6 is 0 Å². The Morgan fingerprint density at radius 2 is 1.68 bits per heavy atom. The highest BCUT2D eigenvalue weighted by Gasteiger charge is 2.07. The molecule has 0 fully saturated rings. The molecule has 0 bridgehead atoms. The second-order valence-electron chi connectivity index (χ2n) is 4.22. The Morgan fingerprint density at radius 1 is 1.11 bits per heavy atom. The second-order valence-corrected chi connectivity index (χ2v) is 4.22. The van der Waals surface area contributed by atoms with Crippen molar-refractivity contribution in [1.82, 2.24) is 0 Å². The molecule has 1 N–H and O–H groups in total. The van der Waals surface area contributed by atoms with Gasteiger partial charge in [-0.3, -0.25) is 10.1 Å². The molecule has 0 aromatic heterocycles. The molecule has 0 aliphatic rings. The third kappa shape index (κ3) is 3.28. The number of halogens is 1. The van der Waals surface area contributed by atoms with Crippen LogP contribution in [0.15, 0.2) is 48.5 Å². The Labute approximate surface area is 110 Å². The maximum absolute atomic E-state index is 12.8. The predicted octanol–water partition coefficient (Wildman–Crippen LogP) is 3.91. The van der Waals surface area contributed by atoms with Gasteiger partial charge in [-0.2, -0.15) is 0 Å². The van der Waals surface area contributed by atoms with Gasteiger partial charge in [0, 0.05) is 23.9 Å². The van der Waals surface area contributed by atoms with Gasteiger partial charge in [-0.05, 0) is 36.8 Å². The number of nitro benzene ring substituents is 1. The van der Waals surface area contributed by atoms with Gasteiger partial charge in [0.2, 0.25) is 0 Å². The van der Waals surface area contributed by atoms with Gasteiger partial charge in [-0.1, -0.05) is 12.1 Å². The average Bonchev–Trinajstić information content (AvgIpc) is 2.40. The van der Waals surface area contributed by atoms with E-state index in [9.17, 15) is 14.5 Å². The lowest BCUT2D eigenvalue weighted by Crippen LogP contribution is -2.06. The topological polar surface area (TPSA) is 55.2 Å². The molecule has 2 aromatic rings. The van der Waals surface area contributed by atoms with Crippen LogP contribution in [0.2, 0.25) is 0 Å². The molecule has 98 valence electrons. The molecule has 2 rings (SSSR count). The highest BCUT2D eigenvalue weighted by Crippen LogP contribution is 2.21. The van der Waals surface area contributed by atoms with Crippen LogP contribution in [0.5, 0.6) is 0 Å². The van der Waals surface area contributed by atoms with Crippen molar-refractivity contribution in [1.29, 1.82) is 0 Å². The van der Waals surface area contributed by atoms with E-state index < -0.39 is 4.92 Å². The third-order valence-corrected chi connectivity index (χ3v) is 2.83. The molecule has 0 unspecified atom stereocenters. The summed E-state index contributed by atoms with van der Waals surface area (Å²) in [6, 6.07) is 12.4. The van der Waals surface area contributed by atoms with Crippen molar-refractivity contribution in [2.45, 2.75) is 13.0 Å². The molecule has 4 nitrogen and oxygen atoms in total. The Balaban J connectivity index is 2.08. The summed E-state index contributed by atoms with van der Waals surface area (Å²) >= 11 is 0. The van der Waals surface area contributed by atoms with Gasteiger partial charge < -0.3 is 5.32 Å². The first-order chi connectivity index (χ1) is 9.06. The molecule has 0 heterocycles. The van der Waals surface area contributed by atoms with Crippen molar-refractivity contribution in [3.63, 3.8) is 0 Å². The molecule has 0 aliphatic heterocycles. The van der Waals surface area contributed by atoms with E-state index in [0.29, 0.717) is 0 Å². The smallest absolute Gasteiger partial charge is 0.269 e. The van der Waals surface area contributed by atoms with Crippen LogP contribution in [-0.2, 0) is 0 Å². The summed E-state index contributed by atoms with van der Waals surface area (Å²) in [5.74, 6) is -0.272. The van der Waals surface area contributed by atoms with E-state index in [2.05, 4.69) is 5.32 Å². The van der Waals surface area contributed by atoms with E-state index in [4.69, 9.17) is 0 Å². The fraction of sp³-hybridized carbons (Fsp3) is 0.143. The molecule has 0 spiro atoms. The largest absolute Gasteiger partial charge is 0.379 e. The summed E-state index contributed by atoms with van der Waals surface area (Å²) in [7, 11) is 0. The van der Waals surface area contributed by atoms with Gasteiger partial charge in [-0.15, -0.1) is 0 Å². The number of nitrogens with zero attached hydrogens (tertiary/aromatic N) is 1. The normalized spacial score (nSPS) is 11.9. The minimum atomic E-state index is -0.437. The molecule has 0 amide bonds. The fourth-order valence-electron chi connectivity index (χ4n) is 1.76. The molecule has 0 aliphatic carbocycles. The number of rotatable bonds is 4. The monoisotopic (exact) mass is 260 g/mol. The van der Waals surface area contributed by atoms with Gasteiger partial charge in [-0.25, -0.2) is 4.39 Å². The van der Waals surface area contributed by atoms with Crippen LogP contribution in [0.3, 0.4) is 0 Å². The van der Waals surface area contributed by atoms with Crippen LogP contribution in [0.4, 0.5) is 15.8 Å². The highest BCUT2D eigenvalue weighted by molar-refractivity contribution is 5.49. The number of anilines is 1. The van der Waals surface area contributed by atoms with E-state index in [1.54, 1.807) is 24.3 Å². The highest BCUT2D eigenvalue weighted by atomic mass is 19.1. The van der Waals surface area contributed by atoms with Crippen LogP contribution in [-0.4, -0.2) is 4.92 Å². The van der Waals surface area contributed by atoms with Crippen molar-refractivity contribution in [2.75, 3.05) is 5.32 Å². The summed E-state index contributed by atoms with van der Waals surface area (Å²) in [6.07, 6.45) is 0. The molecule has 0 saturated carbocycles. The predicted molar refractivity (Wildman–Crippen MR) is 71.5 cm³/mol. The molecule has 2 aromatic carbocycles. The van der Waals surface area contributed by atoms with Crippen LogP contribution in [0, 0.1) is 15.9 Å². The molecular weight excluding hydrogens is 247 g/mol. The van der Waals surface area contributed by atoms with Crippen molar-refractivity contribution in [3.05, 3.63) is 70.0 Å². The summed E-state index contributed by atoms with van der Waals surface area (Å²) in [4.78, 5) is 10.1. The van der Waals surface area contributed by atoms with Crippen LogP contribution in [0.1, 0.15) is 18.5 Å². The Bertz CT molecular complexity index is 567. The van der Waals surface area contributed by atoms with Crippen molar-refractivity contribution in [2.24, 2.45) is 0 Å². The molecule has 19 heavy (non-hydrogen) atoms. The van der Waals surface area contributed by atoms with Crippen molar-refractivity contribution in [3.8, 4) is 0 Å². The quantitative estimate of drug-likeness (QED) is 0.669. The van der Waals surface area contributed by atoms with Gasteiger partial charge >= 0.3 is 0 Å². The number of non-ortho nitro benzene ring substituents is 1. The number of hydrogen-bond donors (Lipinski definition) is 1. The Morgan fingerprint density at radius 3 is 2.21 bits per heavy atom. The lowest BCUT2D eigenvalue weighted by Gasteiger charge is -2.15. The summed E-state index contributed by atoms with van der Waals surface area (Å²) < 4.78 is 12.8. The molecule has 5 heteroatoms. The SMILES string of the molecule is C[C@H](Nc1ccc([N+](=O)[O-])cc1)c1ccc(F)cc1. The van der Waals surface area contributed by atoms with E-state index in [1.165, 1.54) is 24.3 Å². The first kappa shape index (κ1) is 13.0. The lowest BCUT2D eigenvalue weighted by molar-refractivity contribution is -0.384. The number of hydrogen-bond acceptors (Lipinski definition) is 3. The average molecular weight is 260 g/mol. The zero-order chi connectivity index (χ0) is 13.8. The Kier molecular flexibility index (Phi) is 3.75. The first-order valence-electron chi connectivity index (χ1n) is 5.83. The van der Waals surface area contributed by atoms with Crippen LogP contribution in [0.25, 0.3) is 0 Å². The van der Waals surface area contributed by atoms with E-state index >= 15 is 0 Å². The maximum Gasteiger partial charge on any atom is 0.269 e. The van der Waals surface area contributed by atoms with E-state index in [-0.39, 0.29) is 17.5 Å². The molecular formula is C14H13FN2O2.